The molecular weight excluding hydrogens is 458 g/mol. The average Bonchev–Trinajstić information content (AvgIpc) is 3.62. The fraction of sp³-hybridized carbons (Fsp3) is 0.391. The van der Waals surface area contributed by atoms with Crippen LogP contribution >= 0.6 is 11.3 Å². The molecule has 0 atom stereocenters. The molecule has 3 aromatic rings. The number of hydrogen-bond acceptors (Lipinski definition) is 8. The van der Waals surface area contributed by atoms with Crippen LogP contribution in [-0.2, 0) is 22.5 Å². The maximum Gasteiger partial charge on any atom is 0.263 e. The van der Waals surface area contributed by atoms with Gasteiger partial charge in [0.05, 0.1) is 25.6 Å². The zero-order chi connectivity index (χ0) is 23.8. The van der Waals surface area contributed by atoms with E-state index in [4.69, 9.17) is 14.2 Å². The molecule has 1 N–H and O–H groups in total. The number of methoxy groups -OCH3 is 1. The van der Waals surface area contributed by atoms with Crippen molar-refractivity contribution in [3.8, 4) is 11.5 Å². The molecule has 0 aliphatic carbocycles. The minimum absolute atomic E-state index is 0.107. The van der Waals surface area contributed by atoms with Gasteiger partial charge in [-0.15, -0.1) is 0 Å². The number of aryl methyl sites for hydroxylation is 1. The highest BCUT2D eigenvalue weighted by Gasteiger charge is 2.21. The van der Waals surface area contributed by atoms with Crippen molar-refractivity contribution in [3.05, 3.63) is 53.6 Å². The first-order chi connectivity index (χ1) is 16.6. The number of rotatable bonds is 12. The lowest BCUT2D eigenvalue weighted by atomic mass is 10.1. The van der Waals surface area contributed by atoms with E-state index in [1.165, 1.54) is 17.5 Å². The van der Waals surface area contributed by atoms with Crippen molar-refractivity contribution in [2.24, 2.45) is 0 Å². The van der Waals surface area contributed by atoms with Crippen molar-refractivity contribution >= 4 is 28.3 Å². The quantitative estimate of drug-likeness (QED) is 0.393. The minimum atomic E-state index is -0.200. The van der Waals surface area contributed by atoms with Gasteiger partial charge < -0.3 is 24.1 Å². The Labute approximate surface area is 201 Å². The topological polar surface area (TPSA) is 108 Å². The van der Waals surface area contributed by atoms with E-state index in [1.807, 2.05) is 29.0 Å². The van der Waals surface area contributed by atoms with Crippen molar-refractivity contribution in [3.63, 3.8) is 0 Å². The number of carbonyl (C=O) groups is 2. The largest absolute Gasteiger partial charge is 0.454 e. The summed E-state index contributed by atoms with van der Waals surface area (Å²) in [5.41, 5.74) is 1.02. The molecule has 0 spiro atoms. The Hall–Kier alpha value is -3.44. The minimum Gasteiger partial charge on any atom is -0.454 e. The number of ether oxygens (including phenoxy) is 3. The zero-order valence-corrected chi connectivity index (χ0v) is 19.8. The second kappa shape index (κ2) is 11.6. The predicted octanol–water partition coefficient (Wildman–Crippen LogP) is 2.50. The van der Waals surface area contributed by atoms with Crippen LogP contribution in [0.25, 0.3) is 0 Å². The van der Waals surface area contributed by atoms with Gasteiger partial charge in [-0.1, -0.05) is 17.4 Å². The summed E-state index contributed by atoms with van der Waals surface area (Å²) < 4.78 is 17.8. The number of imidazole rings is 1. The van der Waals surface area contributed by atoms with Gasteiger partial charge in [0, 0.05) is 39.1 Å². The first-order valence-corrected chi connectivity index (χ1v) is 11.8. The summed E-state index contributed by atoms with van der Waals surface area (Å²) in [5, 5.41) is 3.40. The second-order valence-corrected chi connectivity index (χ2v) is 8.65. The number of nitrogens with one attached hydrogen (secondary N) is 1. The third kappa shape index (κ3) is 6.12. The van der Waals surface area contributed by atoms with Gasteiger partial charge in [-0.25, -0.2) is 9.97 Å². The van der Waals surface area contributed by atoms with Crippen LogP contribution in [0.1, 0.15) is 28.1 Å². The summed E-state index contributed by atoms with van der Waals surface area (Å²) in [6, 6.07) is 5.74. The molecule has 34 heavy (non-hydrogen) atoms. The molecule has 0 saturated carbocycles. The highest BCUT2D eigenvalue weighted by Crippen LogP contribution is 2.33. The summed E-state index contributed by atoms with van der Waals surface area (Å²) in [5.74, 6) is 1.12. The van der Waals surface area contributed by atoms with E-state index in [-0.39, 0.29) is 25.0 Å². The number of carbonyl (C=O) groups excluding carboxylic acids is 2. The number of hydrogen-bond donors (Lipinski definition) is 1. The van der Waals surface area contributed by atoms with Crippen LogP contribution in [0.3, 0.4) is 0 Å². The number of amides is 2. The fourth-order valence-electron chi connectivity index (χ4n) is 3.45. The first-order valence-electron chi connectivity index (χ1n) is 11.0. The monoisotopic (exact) mass is 485 g/mol. The predicted molar refractivity (Wildman–Crippen MR) is 126 cm³/mol. The average molecular weight is 486 g/mol. The lowest BCUT2D eigenvalue weighted by molar-refractivity contribution is -0.119. The molecule has 0 bridgehead atoms. The Morgan fingerprint density at radius 3 is 3.00 bits per heavy atom. The molecular formula is C23H27N5O5S. The Bertz CT molecular complexity index is 1100. The van der Waals surface area contributed by atoms with E-state index < -0.39 is 0 Å². The fourth-order valence-corrected chi connectivity index (χ4v) is 4.33. The van der Waals surface area contributed by atoms with Gasteiger partial charge in [-0.2, -0.15) is 0 Å². The third-order valence-corrected chi connectivity index (χ3v) is 6.29. The van der Waals surface area contributed by atoms with Crippen molar-refractivity contribution in [2.45, 2.75) is 25.8 Å². The molecule has 10 nitrogen and oxygen atoms in total. The number of anilines is 1. The number of benzene rings is 1. The molecule has 180 valence electrons. The second-order valence-electron chi connectivity index (χ2n) is 7.64. The highest BCUT2D eigenvalue weighted by atomic mass is 32.1. The standard InChI is InChI=1S/C23H27N5O5S/c1-31-12-6-21(29)28(10-5-17-3-4-18-19(13-17)33-16-32-18)23-26-14-20(34-23)22(30)25-7-2-9-27-11-8-24-15-27/h3-4,8,11,13-15H,2,5-7,9-10,12,16H2,1H3,(H,25,30). The molecule has 2 amide bonds. The summed E-state index contributed by atoms with van der Waals surface area (Å²) in [6.45, 7) is 2.26. The molecule has 0 fully saturated rings. The molecule has 11 heteroatoms. The number of thiazole rings is 1. The van der Waals surface area contributed by atoms with Gasteiger partial charge >= 0.3 is 0 Å². The molecule has 0 saturated heterocycles. The normalized spacial score (nSPS) is 12.0. The lowest BCUT2D eigenvalue weighted by Crippen LogP contribution is -2.33. The summed E-state index contributed by atoms with van der Waals surface area (Å²) >= 11 is 1.20. The van der Waals surface area contributed by atoms with E-state index >= 15 is 0 Å². The smallest absolute Gasteiger partial charge is 0.263 e. The van der Waals surface area contributed by atoms with Gasteiger partial charge in [0.15, 0.2) is 16.6 Å². The van der Waals surface area contributed by atoms with Crippen molar-refractivity contribution in [2.75, 3.05) is 38.5 Å². The first kappa shape index (κ1) is 23.7. The van der Waals surface area contributed by atoms with Crippen LogP contribution in [0.5, 0.6) is 11.5 Å². The van der Waals surface area contributed by atoms with E-state index in [0.29, 0.717) is 41.9 Å². The van der Waals surface area contributed by atoms with Crippen molar-refractivity contribution in [1.29, 1.82) is 0 Å². The molecule has 0 radical (unpaired) electrons. The summed E-state index contributed by atoms with van der Waals surface area (Å²) in [7, 11) is 1.56. The van der Waals surface area contributed by atoms with Crippen LogP contribution in [0.4, 0.5) is 5.13 Å². The van der Waals surface area contributed by atoms with Gasteiger partial charge in [0.25, 0.3) is 5.91 Å². The van der Waals surface area contributed by atoms with Gasteiger partial charge in [0.2, 0.25) is 12.7 Å². The number of aromatic nitrogens is 3. The van der Waals surface area contributed by atoms with E-state index in [0.717, 1.165) is 24.3 Å². The molecule has 1 aliphatic heterocycles. The SMILES string of the molecule is COCCC(=O)N(CCc1ccc2c(c1)OCO2)c1ncc(C(=O)NCCCn2ccnc2)s1. The van der Waals surface area contributed by atoms with Crippen molar-refractivity contribution < 1.29 is 23.8 Å². The van der Waals surface area contributed by atoms with E-state index in [2.05, 4.69) is 15.3 Å². The Morgan fingerprint density at radius 1 is 1.29 bits per heavy atom. The Balaban J connectivity index is 1.36. The number of fused-ring (bicyclic) bond motifs is 1. The third-order valence-electron chi connectivity index (χ3n) is 5.27. The van der Waals surface area contributed by atoms with Crippen LogP contribution < -0.4 is 19.7 Å². The maximum atomic E-state index is 12.9. The van der Waals surface area contributed by atoms with Gasteiger partial charge in [0.1, 0.15) is 4.88 Å². The molecule has 0 unspecified atom stereocenters. The maximum absolute atomic E-state index is 12.9. The Morgan fingerprint density at radius 2 is 2.18 bits per heavy atom. The van der Waals surface area contributed by atoms with Crippen LogP contribution in [0.15, 0.2) is 43.1 Å². The molecule has 4 rings (SSSR count). The van der Waals surface area contributed by atoms with Gasteiger partial charge in [-0.05, 0) is 30.5 Å². The lowest BCUT2D eigenvalue weighted by Gasteiger charge is -2.20. The van der Waals surface area contributed by atoms with Gasteiger partial charge in [-0.3, -0.25) is 14.5 Å². The number of nitrogens with zero attached hydrogens (tertiary/aromatic N) is 4. The van der Waals surface area contributed by atoms with E-state index in [1.54, 1.807) is 24.5 Å². The van der Waals surface area contributed by atoms with E-state index in [9.17, 15) is 9.59 Å². The highest BCUT2D eigenvalue weighted by molar-refractivity contribution is 7.17. The summed E-state index contributed by atoms with van der Waals surface area (Å²) in [6.07, 6.45) is 8.49. The molecule has 3 heterocycles. The summed E-state index contributed by atoms with van der Waals surface area (Å²) in [4.78, 5) is 35.9. The molecule has 1 aliphatic rings. The van der Waals surface area contributed by atoms with Crippen LogP contribution in [0.2, 0.25) is 0 Å². The molecule has 1 aromatic carbocycles. The van der Waals surface area contributed by atoms with Crippen LogP contribution in [-0.4, -0.2) is 59.9 Å². The molecule has 2 aromatic heterocycles. The Kier molecular flexibility index (Phi) is 8.10. The van der Waals surface area contributed by atoms with Crippen molar-refractivity contribution in [1.82, 2.24) is 19.9 Å². The van der Waals surface area contributed by atoms with Crippen LogP contribution in [0, 0.1) is 0 Å². The zero-order valence-electron chi connectivity index (χ0n) is 18.9.